The summed E-state index contributed by atoms with van der Waals surface area (Å²) < 4.78 is 7.38. The molecule has 3 aromatic rings. The van der Waals surface area contributed by atoms with Crippen molar-refractivity contribution in [3.05, 3.63) is 59.1 Å². The molecule has 0 aliphatic heterocycles. The second kappa shape index (κ2) is 11.1. The smallest absolute Gasteiger partial charge is 0.214 e. The Hall–Kier alpha value is -1.80. The van der Waals surface area contributed by atoms with Crippen LogP contribution in [-0.2, 0) is 6.54 Å². The standard InChI is InChI=1S/C18H20ClN5OS.ClH/c1-2-25-17-9-8-15(19)12-14(17)13-20-10-11-26-18-21-22-23-24(18)16-6-4-3-5-7-16;/h3-9,12,20H,2,10-11,13H2,1H3;1H/p-1. The summed E-state index contributed by atoms with van der Waals surface area (Å²) in [6, 6.07) is 15.5. The highest BCUT2D eigenvalue weighted by atomic mass is 35.5. The molecule has 0 radical (unpaired) electrons. The summed E-state index contributed by atoms with van der Waals surface area (Å²) in [5, 5.41) is 16.8. The summed E-state index contributed by atoms with van der Waals surface area (Å²) in [6.45, 7) is 4.11. The van der Waals surface area contributed by atoms with Gasteiger partial charge in [0.25, 0.3) is 0 Å². The first-order chi connectivity index (χ1) is 12.8. The van der Waals surface area contributed by atoms with Gasteiger partial charge in [0.15, 0.2) is 0 Å². The third-order valence-corrected chi connectivity index (χ3v) is 4.75. The molecule has 6 nitrogen and oxygen atoms in total. The zero-order chi connectivity index (χ0) is 18.2. The number of aromatic nitrogens is 4. The van der Waals surface area contributed by atoms with Crippen molar-refractivity contribution in [1.29, 1.82) is 0 Å². The number of thioether (sulfide) groups is 1. The topological polar surface area (TPSA) is 64.9 Å². The van der Waals surface area contributed by atoms with Crippen molar-refractivity contribution >= 4 is 23.4 Å². The van der Waals surface area contributed by atoms with Crippen LogP contribution in [0.1, 0.15) is 12.5 Å². The van der Waals surface area contributed by atoms with Crippen molar-refractivity contribution in [3.8, 4) is 11.4 Å². The van der Waals surface area contributed by atoms with Gasteiger partial charge >= 0.3 is 0 Å². The highest BCUT2D eigenvalue weighted by Crippen LogP contribution is 2.23. The van der Waals surface area contributed by atoms with Gasteiger partial charge in [0.1, 0.15) is 5.75 Å². The molecule has 0 saturated carbocycles. The van der Waals surface area contributed by atoms with Gasteiger partial charge in [-0.05, 0) is 47.7 Å². The fourth-order valence-electron chi connectivity index (χ4n) is 2.42. The molecule has 9 heteroatoms. The summed E-state index contributed by atoms with van der Waals surface area (Å²) in [5.41, 5.74) is 2.01. The zero-order valence-corrected chi connectivity index (χ0v) is 17.1. The van der Waals surface area contributed by atoms with Gasteiger partial charge in [0, 0.05) is 29.4 Å². The number of ether oxygens (including phenoxy) is 1. The van der Waals surface area contributed by atoms with Crippen LogP contribution in [0.5, 0.6) is 5.75 Å². The van der Waals surface area contributed by atoms with Crippen molar-refractivity contribution in [1.82, 2.24) is 25.5 Å². The predicted octanol–water partition coefficient (Wildman–Crippen LogP) is 0.600. The molecule has 2 aromatic carbocycles. The molecule has 1 heterocycles. The molecule has 0 saturated heterocycles. The Morgan fingerprint density at radius 1 is 1.19 bits per heavy atom. The molecule has 3 rings (SSSR count). The van der Waals surface area contributed by atoms with E-state index < -0.39 is 0 Å². The van der Waals surface area contributed by atoms with Gasteiger partial charge in [-0.25, -0.2) is 0 Å². The molecular weight excluding hydrogens is 405 g/mol. The number of tetrazole rings is 1. The first-order valence-corrected chi connectivity index (χ1v) is 9.73. The fourth-order valence-corrected chi connectivity index (χ4v) is 3.40. The minimum Gasteiger partial charge on any atom is -1.00 e. The van der Waals surface area contributed by atoms with Crippen LogP contribution in [-0.4, -0.2) is 39.1 Å². The van der Waals surface area contributed by atoms with Crippen LogP contribution >= 0.6 is 23.4 Å². The van der Waals surface area contributed by atoms with E-state index in [-0.39, 0.29) is 12.4 Å². The normalized spacial score (nSPS) is 10.4. The molecule has 0 spiro atoms. The largest absolute Gasteiger partial charge is 1.00 e. The van der Waals surface area contributed by atoms with Gasteiger partial charge in [-0.15, -0.1) is 5.10 Å². The summed E-state index contributed by atoms with van der Waals surface area (Å²) in [4.78, 5) is 0. The van der Waals surface area contributed by atoms with Gasteiger partial charge < -0.3 is 22.5 Å². The number of nitrogens with one attached hydrogen (secondary N) is 1. The van der Waals surface area contributed by atoms with E-state index in [2.05, 4.69) is 20.8 Å². The molecule has 0 aliphatic rings. The van der Waals surface area contributed by atoms with E-state index in [4.69, 9.17) is 16.3 Å². The Labute approximate surface area is 174 Å². The minimum absolute atomic E-state index is 0. The molecule has 0 amide bonds. The number of halogens is 2. The second-order valence-electron chi connectivity index (χ2n) is 5.42. The van der Waals surface area contributed by atoms with Crippen LogP contribution in [0.2, 0.25) is 5.02 Å². The average Bonchev–Trinajstić information content (AvgIpc) is 3.13. The number of hydrogen-bond acceptors (Lipinski definition) is 6. The molecule has 144 valence electrons. The quantitative estimate of drug-likeness (QED) is 0.400. The number of rotatable bonds is 9. The number of hydrogen-bond donors (Lipinski definition) is 1. The first-order valence-electron chi connectivity index (χ1n) is 8.36. The highest BCUT2D eigenvalue weighted by molar-refractivity contribution is 7.99. The van der Waals surface area contributed by atoms with E-state index >= 15 is 0 Å². The number of nitrogens with zero attached hydrogens (tertiary/aromatic N) is 4. The minimum atomic E-state index is 0. The van der Waals surface area contributed by atoms with Gasteiger partial charge in [-0.2, -0.15) is 4.68 Å². The lowest BCUT2D eigenvalue weighted by Crippen LogP contribution is -3.00. The highest BCUT2D eigenvalue weighted by Gasteiger charge is 2.08. The Morgan fingerprint density at radius 3 is 2.78 bits per heavy atom. The lowest BCUT2D eigenvalue weighted by Gasteiger charge is -2.11. The number of para-hydroxylation sites is 1. The van der Waals surface area contributed by atoms with Gasteiger partial charge in [0.05, 0.1) is 12.3 Å². The Morgan fingerprint density at radius 2 is 2.00 bits per heavy atom. The third-order valence-electron chi connectivity index (χ3n) is 3.59. The maximum absolute atomic E-state index is 6.09. The molecule has 27 heavy (non-hydrogen) atoms. The summed E-state index contributed by atoms with van der Waals surface area (Å²) >= 11 is 7.70. The zero-order valence-electron chi connectivity index (χ0n) is 14.8. The van der Waals surface area contributed by atoms with Crippen LogP contribution in [0, 0.1) is 0 Å². The maximum Gasteiger partial charge on any atom is 0.214 e. The van der Waals surface area contributed by atoms with E-state index in [0.29, 0.717) is 18.2 Å². The monoisotopic (exact) mass is 424 g/mol. The number of benzene rings is 2. The molecule has 0 fully saturated rings. The molecule has 1 N–H and O–H groups in total. The third kappa shape index (κ3) is 6.10. The van der Waals surface area contributed by atoms with E-state index in [9.17, 15) is 0 Å². The van der Waals surface area contributed by atoms with Gasteiger partial charge in [-0.3, -0.25) is 0 Å². The summed E-state index contributed by atoms with van der Waals surface area (Å²) in [6.07, 6.45) is 0. The van der Waals surface area contributed by atoms with Crippen LogP contribution in [0.3, 0.4) is 0 Å². The Balaban J connectivity index is 0.00000261. The van der Waals surface area contributed by atoms with Crippen molar-refractivity contribution in [2.45, 2.75) is 18.6 Å². The Bertz CT molecular complexity index is 832. The lowest BCUT2D eigenvalue weighted by molar-refractivity contribution is -0.00000584. The molecule has 0 atom stereocenters. The van der Waals surface area contributed by atoms with Crippen molar-refractivity contribution < 1.29 is 17.1 Å². The van der Waals surface area contributed by atoms with E-state index in [1.165, 1.54) is 0 Å². The van der Waals surface area contributed by atoms with Crippen molar-refractivity contribution in [2.75, 3.05) is 18.9 Å². The molecule has 0 aliphatic carbocycles. The Kier molecular flexibility index (Phi) is 8.87. The summed E-state index contributed by atoms with van der Waals surface area (Å²) in [5.74, 6) is 1.71. The van der Waals surface area contributed by atoms with Gasteiger partial charge in [-0.1, -0.05) is 41.6 Å². The van der Waals surface area contributed by atoms with Crippen LogP contribution in [0.25, 0.3) is 5.69 Å². The first kappa shape index (κ1) is 21.5. The SMILES string of the molecule is CCOc1ccc(Cl)cc1CNCCSc1nnnn1-c1ccccc1.[Cl-]. The van der Waals surface area contributed by atoms with Crippen LogP contribution < -0.4 is 22.5 Å². The molecule has 1 aromatic heterocycles. The average molecular weight is 425 g/mol. The lowest BCUT2D eigenvalue weighted by atomic mass is 10.2. The summed E-state index contributed by atoms with van der Waals surface area (Å²) in [7, 11) is 0. The molecule has 0 bridgehead atoms. The van der Waals surface area contributed by atoms with E-state index in [0.717, 1.165) is 34.5 Å². The van der Waals surface area contributed by atoms with E-state index in [1.807, 2.05) is 55.5 Å². The van der Waals surface area contributed by atoms with Gasteiger partial charge in [0.2, 0.25) is 5.16 Å². The van der Waals surface area contributed by atoms with Crippen molar-refractivity contribution in [3.63, 3.8) is 0 Å². The van der Waals surface area contributed by atoms with Crippen LogP contribution in [0.4, 0.5) is 0 Å². The second-order valence-corrected chi connectivity index (χ2v) is 6.92. The molecule has 0 unspecified atom stereocenters. The molecular formula is C18H20Cl2N5OS-. The van der Waals surface area contributed by atoms with Crippen molar-refractivity contribution in [2.24, 2.45) is 0 Å². The van der Waals surface area contributed by atoms with Crippen LogP contribution in [0.15, 0.2) is 53.7 Å². The predicted molar refractivity (Wildman–Crippen MR) is 104 cm³/mol. The maximum atomic E-state index is 6.09. The van der Waals surface area contributed by atoms with E-state index in [1.54, 1.807) is 16.4 Å². The fraction of sp³-hybridized carbons (Fsp3) is 0.278.